The van der Waals surface area contributed by atoms with Gasteiger partial charge in [-0.25, -0.2) is 9.97 Å². The van der Waals surface area contributed by atoms with Crippen molar-refractivity contribution in [2.45, 2.75) is 19.3 Å². The van der Waals surface area contributed by atoms with Crippen LogP contribution in [0.1, 0.15) is 28.9 Å². The first-order chi connectivity index (χ1) is 11.8. The molecule has 0 aliphatic heterocycles. The summed E-state index contributed by atoms with van der Waals surface area (Å²) in [7, 11) is 1.64. The molecule has 1 heterocycles. The highest BCUT2D eigenvalue weighted by Gasteiger charge is 2.07. The summed E-state index contributed by atoms with van der Waals surface area (Å²) in [5.74, 6) is 0.286. The molecule has 6 nitrogen and oxygen atoms in total. The maximum absolute atomic E-state index is 12.0. The molecule has 2 aromatic rings. The largest absolute Gasteiger partial charge is 0.385 e. The first kappa shape index (κ1) is 17.9. The van der Waals surface area contributed by atoms with Gasteiger partial charge in [-0.05, 0) is 30.9 Å². The summed E-state index contributed by atoms with van der Waals surface area (Å²) in [5, 5.41) is 5.98. The number of aromatic nitrogens is 2. The Morgan fingerprint density at radius 3 is 2.75 bits per heavy atom. The minimum Gasteiger partial charge on any atom is -0.385 e. The maximum atomic E-state index is 12.0. The minimum atomic E-state index is -0.194. The van der Waals surface area contributed by atoms with Crippen LogP contribution in [0.3, 0.4) is 0 Å². The summed E-state index contributed by atoms with van der Waals surface area (Å²) in [6.07, 6.45) is 4.34. The zero-order valence-electron chi connectivity index (χ0n) is 14.0. The number of anilines is 1. The highest BCUT2D eigenvalue weighted by atomic mass is 16.5. The molecule has 0 aliphatic rings. The zero-order valence-corrected chi connectivity index (χ0v) is 14.0. The summed E-state index contributed by atoms with van der Waals surface area (Å²) in [6.45, 7) is 1.95. The lowest BCUT2D eigenvalue weighted by Crippen LogP contribution is -2.26. The molecule has 6 heteroatoms. The molecule has 128 valence electrons. The lowest BCUT2D eigenvalue weighted by molar-refractivity contribution is 0.0943. The van der Waals surface area contributed by atoms with Crippen molar-refractivity contribution < 1.29 is 9.53 Å². The molecule has 1 aromatic heterocycles. The summed E-state index contributed by atoms with van der Waals surface area (Å²) < 4.78 is 4.95. The number of aryl methyl sites for hydroxylation is 1. The van der Waals surface area contributed by atoms with Crippen molar-refractivity contribution in [3.05, 3.63) is 53.9 Å². The van der Waals surface area contributed by atoms with Gasteiger partial charge in [0, 0.05) is 33.0 Å². The average molecular weight is 328 g/mol. The monoisotopic (exact) mass is 328 g/mol. The van der Waals surface area contributed by atoms with E-state index in [4.69, 9.17) is 4.74 Å². The number of ether oxygens (including phenoxy) is 1. The Kier molecular flexibility index (Phi) is 7.70. The molecule has 0 aliphatic carbocycles. The van der Waals surface area contributed by atoms with E-state index >= 15 is 0 Å². The molecular formula is C18H24N4O2. The molecule has 24 heavy (non-hydrogen) atoms. The number of nitrogens with one attached hydrogen (secondary N) is 2. The number of hydrogen-bond donors (Lipinski definition) is 2. The lowest BCUT2D eigenvalue weighted by Gasteiger charge is -2.07. The summed E-state index contributed by atoms with van der Waals surface area (Å²) in [5.41, 5.74) is 1.68. The molecule has 1 aromatic carbocycles. The molecule has 0 fully saturated rings. The van der Waals surface area contributed by atoms with E-state index in [1.54, 1.807) is 19.4 Å². The van der Waals surface area contributed by atoms with Crippen molar-refractivity contribution in [2.24, 2.45) is 0 Å². The van der Waals surface area contributed by atoms with Crippen LogP contribution in [0.25, 0.3) is 0 Å². The Labute approximate surface area is 142 Å². The van der Waals surface area contributed by atoms with Gasteiger partial charge in [-0.3, -0.25) is 4.79 Å². The van der Waals surface area contributed by atoms with Gasteiger partial charge in [-0.1, -0.05) is 30.3 Å². The van der Waals surface area contributed by atoms with Crippen LogP contribution in [0.2, 0.25) is 0 Å². The molecule has 0 radical (unpaired) electrons. The van der Waals surface area contributed by atoms with Gasteiger partial charge in [0.05, 0.1) is 0 Å². The van der Waals surface area contributed by atoms with Crippen molar-refractivity contribution in [3.8, 4) is 0 Å². The SMILES string of the molecule is COCCCNC(=O)c1ccnc(NCCCc2ccccc2)n1. The summed E-state index contributed by atoms with van der Waals surface area (Å²) in [6, 6.07) is 11.9. The molecule has 0 saturated heterocycles. The number of carbonyl (C=O) groups excluding carboxylic acids is 1. The number of benzene rings is 1. The van der Waals surface area contributed by atoms with Gasteiger partial charge in [-0.15, -0.1) is 0 Å². The predicted molar refractivity (Wildman–Crippen MR) is 94.1 cm³/mol. The van der Waals surface area contributed by atoms with Crippen molar-refractivity contribution >= 4 is 11.9 Å². The molecule has 0 spiro atoms. The molecule has 2 N–H and O–H groups in total. The first-order valence-electron chi connectivity index (χ1n) is 8.17. The van der Waals surface area contributed by atoms with Crippen LogP contribution in [0.4, 0.5) is 5.95 Å². The Hall–Kier alpha value is -2.47. The first-order valence-corrected chi connectivity index (χ1v) is 8.17. The van der Waals surface area contributed by atoms with Crippen LogP contribution < -0.4 is 10.6 Å². The number of hydrogen-bond acceptors (Lipinski definition) is 5. The number of amides is 1. The smallest absolute Gasteiger partial charge is 0.270 e. The summed E-state index contributed by atoms with van der Waals surface area (Å²) >= 11 is 0. The Balaban J connectivity index is 1.74. The van der Waals surface area contributed by atoms with Gasteiger partial charge < -0.3 is 15.4 Å². The standard InChI is InChI=1S/C18H24N4O2/c1-24-14-6-12-19-17(23)16-10-13-21-18(22-16)20-11-5-9-15-7-3-2-4-8-15/h2-4,7-8,10,13H,5-6,9,11-12,14H2,1H3,(H,19,23)(H,20,21,22). The van der Waals surface area contributed by atoms with E-state index in [9.17, 15) is 4.79 Å². The maximum Gasteiger partial charge on any atom is 0.270 e. The van der Waals surface area contributed by atoms with Gasteiger partial charge in [0.15, 0.2) is 0 Å². The third kappa shape index (κ3) is 6.34. The Bertz CT molecular complexity index is 619. The number of nitrogens with zero attached hydrogens (tertiary/aromatic N) is 2. The molecule has 0 saturated carbocycles. The van der Waals surface area contributed by atoms with Crippen LogP contribution in [0.5, 0.6) is 0 Å². The highest BCUT2D eigenvalue weighted by Crippen LogP contribution is 2.04. The van der Waals surface area contributed by atoms with E-state index in [0.717, 1.165) is 25.8 Å². The van der Waals surface area contributed by atoms with Gasteiger partial charge in [0.2, 0.25) is 5.95 Å². The van der Waals surface area contributed by atoms with Crippen LogP contribution >= 0.6 is 0 Å². The lowest BCUT2D eigenvalue weighted by atomic mass is 10.1. The fourth-order valence-corrected chi connectivity index (χ4v) is 2.22. The minimum absolute atomic E-state index is 0.194. The van der Waals surface area contributed by atoms with E-state index in [0.29, 0.717) is 24.8 Å². The van der Waals surface area contributed by atoms with Crippen LogP contribution in [0.15, 0.2) is 42.6 Å². The van der Waals surface area contributed by atoms with Gasteiger partial charge in [0.25, 0.3) is 5.91 Å². The second kappa shape index (κ2) is 10.3. The van der Waals surface area contributed by atoms with Gasteiger partial charge >= 0.3 is 0 Å². The highest BCUT2D eigenvalue weighted by molar-refractivity contribution is 5.92. The predicted octanol–water partition coefficient (Wildman–Crippen LogP) is 2.29. The molecule has 2 rings (SSSR count). The fraction of sp³-hybridized carbons (Fsp3) is 0.389. The second-order valence-corrected chi connectivity index (χ2v) is 5.38. The van der Waals surface area contributed by atoms with E-state index in [2.05, 4.69) is 32.7 Å². The van der Waals surface area contributed by atoms with Crippen molar-refractivity contribution in [1.29, 1.82) is 0 Å². The molecular weight excluding hydrogens is 304 g/mol. The third-order valence-electron chi connectivity index (χ3n) is 3.47. The van der Waals surface area contributed by atoms with Crippen molar-refractivity contribution in [1.82, 2.24) is 15.3 Å². The van der Waals surface area contributed by atoms with Crippen LogP contribution in [0, 0.1) is 0 Å². The average Bonchev–Trinajstić information content (AvgIpc) is 2.63. The van der Waals surface area contributed by atoms with E-state index in [1.807, 2.05) is 18.2 Å². The number of rotatable bonds is 10. The molecule has 0 atom stereocenters. The molecule has 0 unspecified atom stereocenters. The topological polar surface area (TPSA) is 76.1 Å². The Morgan fingerprint density at radius 2 is 1.96 bits per heavy atom. The Morgan fingerprint density at radius 1 is 1.12 bits per heavy atom. The van der Waals surface area contributed by atoms with E-state index in [-0.39, 0.29) is 5.91 Å². The number of carbonyl (C=O) groups is 1. The van der Waals surface area contributed by atoms with E-state index < -0.39 is 0 Å². The molecule has 1 amide bonds. The van der Waals surface area contributed by atoms with Crippen molar-refractivity contribution in [3.63, 3.8) is 0 Å². The normalized spacial score (nSPS) is 10.4. The van der Waals surface area contributed by atoms with Gasteiger partial charge in [-0.2, -0.15) is 0 Å². The van der Waals surface area contributed by atoms with Crippen LogP contribution in [-0.2, 0) is 11.2 Å². The number of methoxy groups -OCH3 is 1. The zero-order chi connectivity index (χ0) is 17.0. The summed E-state index contributed by atoms with van der Waals surface area (Å²) in [4.78, 5) is 20.4. The second-order valence-electron chi connectivity index (χ2n) is 5.38. The fourth-order valence-electron chi connectivity index (χ4n) is 2.22. The van der Waals surface area contributed by atoms with Gasteiger partial charge in [0.1, 0.15) is 5.69 Å². The van der Waals surface area contributed by atoms with Crippen LogP contribution in [-0.4, -0.2) is 42.7 Å². The molecule has 0 bridgehead atoms. The van der Waals surface area contributed by atoms with Crippen molar-refractivity contribution in [2.75, 3.05) is 32.1 Å². The third-order valence-corrected chi connectivity index (χ3v) is 3.47. The quantitative estimate of drug-likeness (QED) is 0.655. The van der Waals surface area contributed by atoms with E-state index in [1.165, 1.54) is 5.56 Å².